The van der Waals surface area contributed by atoms with Crippen LogP contribution in [0.15, 0.2) is 36.5 Å². The van der Waals surface area contributed by atoms with E-state index in [0.29, 0.717) is 24.4 Å². The highest BCUT2D eigenvalue weighted by Crippen LogP contribution is 2.40. The first kappa shape index (κ1) is 24.0. The van der Waals surface area contributed by atoms with Gasteiger partial charge in [-0.1, -0.05) is 51.0 Å². The standard InChI is InChI=1S/C27H38N6O2/c1-18(2)24-17-35-27(34)33(24)25-10-11-29-26(31-25)30-19(3)21-6-8-22(9-7-21)23(16-20-4-5-20)32-14-12-28-13-15-32/h6-11,18-20,23-24,28H,4-5,12-17H2,1-3H3,(H,29,30,31)/t19-,23?,24+/m0/s1. The molecule has 3 heterocycles. The largest absolute Gasteiger partial charge is 0.447 e. The number of carbonyl (C=O) groups excluding carboxylic acids is 1. The summed E-state index contributed by atoms with van der Waals surface area (Å²) in [6.07, 6.45) is 5.38. The molecule has 1 unspecified atom stereocenters. The SMILES string of the molecule is CC(C)[C@H]1COC(=O)N1c1ccnc(N[C@@H](C)c2ccc(C(CC3CC3)N3CCNCC3)cc2)n1. The Hall–Kier alpha value is -2.71. The second-order valence-corrected chi connectivity index (χ2v) is 10.5. The fraction of sp³-hybridized carbons (Fsp3) is 0.593. The minimum Gasteiger partial charge on any atom is -0.447 e. The van der Waals surface area contributed by atoms with Crippen LogP contribution in [0.3, 0.4) is 0 Å². The topological polar surface area (TPSA) is 82.6 Å². The summed E-state index contributed by atoms with van der Waals surface area (Å²) >= 11 is 0. The van der Waals surface area contributed by atoms with Crippen LogP contribution in [0, 0.1) is 11.8 Å². The molecule has 3 aliphatic rings. The van der Waals surface area contributed by atoms with E-state index in [9.17, 15) is 4.79 Å². The van der Waals surface area contributed by atoms with Gasteiger partial charge in [-0.15, -0.1) is 0 Å². The van der Waals surface area contributed by atoms with Gasteiger partial charge in [0.15, 0.2) is 0 Å². The van der Waals surface area contributed by atoms with E-state index in [4.69, 9.17) is 4.74 Å². The van der Waals surface area contributed by atoms with Crippen molar-refractivity contribution in [3.8, 4) is 0 Å². The Morgan fingerprint density at radius 2 is 1.80 bits per heavy atom. The third kappa shape index (κ3) is 5.59. The lowest BCUT2D eigenvalue weighted by atomic mass is 9.96. The molecule has 188 valence electrons. The smallest absolute Gasteiger partial charge is 0.415 e. The lowest BCUT2D eigenvalue weighted by Gasteiger charge is -2.35. The molecule has 1 aromatic heterocycles. The Labute approximate surface area is 208 Å². The molecule has 0 bridgehead atoms. The molecular weight excluding hydrogens is 440 g/mol. The monoisotopic (exact) mass is 478 g/mol. The van der Waals surface area contributed by atoms with Crippen molar-refractivity contribution in [1.82, 2.24) is 20.2 Å². The van der Waals surface area contributed by atoms with Crippen molar-refractivity contribution in [3.05, 3.63) is 47.7 Å². The van der Waals surface area contributed by atoms with E-state index in [1.165, 1.54) is 30.4 Å². The van der Waals surface area contributed by atoms with Crippen molar-refractivity contribution in [3.63, 3.8) is 0 Å². The molecule has 1 aromatic carbocycles. The fourth-order valence-corrected chi connectivity index (χ4v) is 5.19. The van der Waals surface area contributed by atoms with E-state index in [1.807, 2.05) is 0 Å². The number of aromatic nitrogens is 2. The zero-order valence-corrected chi connectivity index (χ0v) is 21.1. The van der Waals surface area contributed by atoms with Crippen LogP contribution in [0.25, 0.3) is 0 Å². The van der Waals surface area contributed by atoms with Gasteiger partial charge in [-0.2, -0.15) is 4.98 Å². The first-order valence-corrected chi connectivity index (χ1v) is 13.1. The van der Waals surface area contributed by atoms with Gasteiger partial charge >= 0.3 is 6.09 Å². The number of benzene rings is 1. The second-order valence-electron chi connectivity index (χ2n) is 10.5. The number of ether oxygens (including phenoxy) is 1. The van der Waals surface area contributed by atoms with Crippen molar-refractivity contribution in [2.75, 3.05) is 43.0 Å². The molecule has 0 spiro atoms. The first-order valence-electron chi connectivity index (χ1n) is 13.1. The molecule has 5 rings (SSSR count). The van der Waals surface area contributed by atoms with Crippen LogP contribution in [0.2, 0.25) is 0 Å². The zero-order chi connectivity index (χ0) is 24.4. The van der Waals surface area contributed by atoms with Crippen LogP contribution in [0.1, 0.15) is 63.2 Å². The van der Waals surface area contributed by atoms with Gasteiger partial charge in [-0.3, -0.25) is 9.80 Å². The normalized spacial score (nSPS) is 22.8. The van der Waals surface area contributed by atoms with Crippen molar-refractivity contribution < 1.29 is 9.53 Å². The van der Waals surface area contributed by atoms with E-state index >= 15 is 0 Å². The Morgan fingerprint density at radius 3 is 2.49 bits per heavy atom. The highest BCUT2D eigenvalue weighted by molar-refractivity contribution is 5.89. The summed E-state index contributed by atoms with van der Waals surface area (Å²) in [6, 6.07) is 11.3. The van der Waals surface area contributed by atoms with Crippen molar-refractivity contribution in [2.24, 2.45) is 11.8 Å². The summed E-state index contributed by atoms with van der Waals surface area (Å²) in [5.41, 5.74) is 2.61. The van der Waals surface area contributed by atoms with E-state index < -0.39 is 0 Å². The van der Waals surface area contributed by atoms with Crippen LogP contribution >= 0.6 is 0 Å². The Morgan fingerprint density at radius 1 is 1.09 bits per heavy atom. The number of nitrogens with zero attached hydrogens (tertiary/aromatic N) is 4. The van der Waals surface area contributed by atoms with Crippen molar-refractivity contribution in [1.29, 1.82) is 0 Å². The molecule has 1 saturated carbocycles. The van der Waals surface area contributed by atoms with Gasteiger partial charge in [0.1, 0.15) is 12.4 Å². The number of anilines is 2. The molecule has 2 aliphatic heterocycles. The van der Waals surface area contributed by atoms with Crippen LogP contribution in [0.5, 0.6) is 0 Å². The third-order valence-corrected chi connectivity index (χ3v) is 7.58. The van der Waals surface area contributed by atoms with E-state index in [-0.39, 0.29) is 24.1 Å². The average molecular weight is 479 g/mol. The number of hydrogen-bond donors (Lipinski definition) is 2. The highest BCUT2D eigenvalue weighted by atomic mass is 16.6. The Kier molecular flexibility index (Phi) is 7.20. The Balaban J connectivity index is 1.27. The van der Waals surface area contributed by atoms with E-state index in [2.05, 4.69) is 70.5 Å². The minimum atomic E-state index is -0.345. The van der Waals surface area contributed by atoms with Gasteiger partial charge in [-0.05, 0) is 42.4 Å². The van der Waals surface area contributed by atoms with Crippen molar-refractivity contribution in [2.45, 2.75) is 58.2 Å². The van der Waals surface area contributed by atoms with Crippen LogP contribution in [0.4, 0.5) is 16.6 Å². The number of amides is 1. The van der Waals surface area contributed by atoms with Gasteiger partial charge in [0.2, 0.25) is 5.95 Å². The maximum absolute atomic E-state index is 12.3. The quantitative estimate of drug-likeness (QED) is 0.553. The number of carbonyl (C=O) groups is 1. The molecule has 2 saturated heterocycles. The van der Waals surface area contributed by atoms with Crippen LogP contribution in [-0.2, 0) is 4.74 Å². The molecule has 1 amide bonds. The number of rotatable bonds is 9. The van der Waals surface area contributed by atoms with Gasteiger partial charge in [0.05, 0.1) is 12.1 Å². The summed E-state index contributed by atoms with van der Waals surface area (Å²) in [5, 5.41) is 6.89. The molecule has 2 N–H and O–H groups in total. The summed E-state index contributed by atoms with van der Waals surface area (Å²) in [6.45, 7) is 11.1. The minimum absolute atomic E-state index is 0.0190. The summed E-state index contributed by atoms with van der Waals surface area (Å²) in [4.78, 5) is 25.7. The second kappa shape index (κ2) is 10.5. The van der Waals surface area contributed by atoms with Gasteiger partial charge in [0.25, 0.3) is 0 Å². The molecule has 35 heavy (non-hydrogen) atoms. The summed E-state index contributed by atoms with van der Waals surface area (Å²) in [5.74, 6) is 2.25. The molecular formula is C27H38N6O2. The maximum atomic E-state index is 12.3. The third-order valence-electron chi connectivity index (χ3n) is 7.58. The van der Waals surface area contributed by atoms with E-state index in [1.54, 1.807) is 17.2 Å². The molecule has 8 nitrogen and oxygen atoms in total. The Bertz CT molecular complexity index is 1000. The average Bonchev–Trinajstić information content (AvgIpc) is 3.61. The number of hydrogen-bond acceptors (Lipinski definition) is 7. The molecule has 1 aliphatic carbocycles. The highest BCUT2D eigenvalue weighted by Gasteiger charge is 2.37. The maximum Gasteiger partial charge on any atom is 0.415 e. The van der Waals surface area contributed by atoms with Crippen LogP contribution in [-0.4, -0.2) is 59.8 Å². The van der Waals surface area contributed by atoms with Crippen LogP contribution < -0.4 is 15.5 Å². The summed E-state index contributed by atoms with van der Waals surface area (Å²) < 4.78 is 5.29. The van der Waals surface area contributed by atoms with Gasteiger partial charge in [0, 0.05) is 38.4 Å². The fourth-order valence-electron chi connectivity index (χ4n) is 5.19. The van der Waals surface area contributed by atoms with Crippen molar-refractivity contribution >= 4 is 17.9 Å². The number of nitrogens with one attached hydrogen (secondary N) is 2. The van der Waals surface area contributed by atoms with E-state index in [0.717, 1.165) is 32.1 Å². The molecule has 3 fully saturated rings. The predicted octanol–water partition coefficient (Wildman–Crippen LogP) is 4.38. The predicted molar refractivity (Wildman–Crippen MR) is 137 cm³/mol. The molecule has 8 heteroatoms. The zero-order valence-electron chi connectivity index (χ0n) is 21.1. The molecule has 0 radical (unpaired) electrons. The van der Waals surface area contributed by atoms with Gasteiger partial charge in [-0.25, -0.2) is 9.78 Å². The lowest BCUT2D eigenvalue weighted by molar-refractivity contribution is 0.160. The number of piperazine rings is 1. The van der Waals surface area contributed by atoms with Gasteiger partial charge < -0.3 is 15.4 Å². The molecule has 2 aromatic rings. The lowest BCUT2D eigenvalue weighted by Crippen LogP contribution is -2.45. The number of cyclic esters (lactones) is 1. The summed E-state index contributed by atoms with van der Waals surface area (Å²) in [7, 11) is 0. The molecule has 3 atom stereocenters. The first-order chi connectivity index (χ1) is 17.0.